The van der Waals surface area contributed by atoms with Crippen LogP contribution in [0, 0.1) is 0 Å². The third-order valence-corrected chi connectivity index (χ3v) is 2.00. The fourth-order valence-electron chi connectivity index (χ4n) is 1.34. The molecule has 2 amide bonds. The Kier molecular flexibility index (Phi) is 3.84. The van der Waals surface area contributed by atoms with E-state index in [0.717, 1.165) is 0 Å². The average molecular weight is 201 g/mol. The third kappa shape index (κ3) is 2.97. The van der Waals surface area contributed by atoms with E-state index in [1.807, 2.05) is 0 Å². The zero-order valence-corrected chi connectivity index (χ0v) is 7.90. The zero-order chi connectivity index (χ0) is 10.6. The van der Waals surface area contributed by atoms with Crippen molar-refractivity contribution in [2.24, 2.45) is 5.73 Å². The topological polar surface area (TPSA) is 95.7 Å². The molecular formula is C8H15N3O3. The molecule has 1 aliphatic rings. The number of nitrogens with one attached hydrogen (secondary N) is 1. The van der Waals surface area contributed by atoms with Crippen LogP contribution in [0.3, 0.4) is 0 Å². The number of carbonyl (C=O) groups is 2. The average Bonchev–Trinajstić information content (AvgIpc) is 2.42. The molecule has 1 heterocycles. The molecule has 0 aromatic rings. The molecule has 0 unspecified atom stereocenters. The summed E-state index contributed by atoms with van der Waals surface area (Å²) in [5.41, 5.74) is 5.20. The predicted octanol–water partition coefficient (Wildman–Crippen LogP) is -2.35. The van der Waals surface area contributed by atoms with Gasteiger partial charge in [-0.05, 0) is 0 Å². The summed E-state index contributed by atoms with van der Waals surface area (Å²) in [5, 5.41) is 11.7. The van der Waals surface area contributed by atoms with Gasteiger partial charge in [-0.3, -0.25) is 9.59 Å². The van der Waals surface area contributed by atoms with Crippen LogP contribution in [0.5, 0.6) is 0 Å². The fraction of sp³-hybridized carbons (Fsp3) is 0.750. The molecule has 1 saturated heterocycles. The van der Waals surface area contributed by atoms with Gasteiger partial charge < -0.3 is 21.1 Å². The van der Waals surface area contributed by atoms with E-state index in [-0.39, 0.29) is 31.3 Å². The highest BCUT2D eigenvalue weighted by molar-refractivity contribution is 5.86. The normalized spacial score (nSPS) is 21.4. The van der Waals surface area contributed by atoms with Gasteiger partial charge in [-0.2, -0.15) is 0 Å². The van der Waals surface area contributed by atoms with Crippen molar-refractivity contribution < 1.29 is 14.7 Å². The number of β-amino-alcohol motifs (C(OH)–C–C–N with tert-alkyl or cyclic N) is 1. The van der Waals surface area contributed by atoms with Crippen molar-refractivity contribution in [3.05, 3.63) is 0 Å². The molecule has 0 aromatic carbocycles. The Morgan fingerprint density at radius 1 is 1.71 bits per heavy atom. The first-order valence-corrected chi connectivity index (χ1v) is 4.56. The van der Waals surface area contributed by atoms with Crippen LogP contribution < -0.4 is 11.1 Å². The van der Waals surface area contributed by atoms with Crippen LogP contribution in [0.1, 0.15) is 6.42 Å². The summed E-state index contributed by atoms with van der Waals surface area (Å²) < 4.78 is 0. The molecule has 1 rings (SSSR count). The monoisotopic (exact) mass is 201 g/mol. The lowest BCUT2D eigenvalue weighted by Crippen LogP contribution is -2.39. The van der Waals surface area contributed by atoms with Gasteiger partial charge in [-0.25, -0.2) is 0 Å². The first-order chi connectivity index (χ1) is 6.63. The van der Waals surface area contributed by atoms with E-state index in [9.17, 15) is 9.59 Å². The summed E-state index contributed by atoms with van der Waals surface area (Å²) in [6, 6.07) is 0. The smallest absolute Gasteiger partial charge is 0.239 e. The van der Waals surface area contributed by atoms with Gasteiger partial charge in [-0.15, -0.1) is 0 Å². The quantitative estimate of drug-likeness (QED) is 0.474. The van der Waals surface area contributed by atoms with Crippen LogP contribution in [0.25, 0.3) is 0 Å². The van der Waals surface area contributed by atoms with Gasteiger partial charge in [0.05, 0.1) is 19.1 Å². The molecule has 1 atom stereocenters. The number of nitrogens with zero attached hydrogens (tertiary/aromatic N) is 1. The van der Waals surface area contributed by atoms with Gasteiger partial charge in [0.15, 0.2) is 0 Å². The van der Waals surface area contributed by atoms with E-state index < -0.39 is 6.10 Å². The molecule has 0 aromatic heterocycles. The Hall–Kier alpha value is -1.14. The molecule has 1 fully saturated rings. The van der Waals surface area contributed by atoms with E-state index >= 15 is 0 Å². The maximum absolute atomic E-state index is 11.2. The van der Waals surface area contributed by atoms with Crippen LogP contribution in [-0.4, -0.2) is 54.1 Å². The summed E-state index contributed by atoms with van der Waals surface area (Å²) >= 11 is 0. The van der Waals surface area contributed by atoms with E-state index in [0.29, 0.717) is 13.1 Å². The molecule has 4 N–H and O–H groups in total. The Bertz CT molecular complexity index is 232. The first kappa shape index (κ1) is 10.9. The highest BCUT2D eigenvalue weighted by atomic mass is 16.3. The van der Waals surface area contributed by atoms with E-state index in [1.165, 1.54) is 4.90 Å². The van der Waals surface area contributed by atoms with Crippen molar-refractivity contribution in [3.63, 3.8) is 0 Å². The molecule has 0 aliphatic carbocycles. The van der Waals surface area contributed by atoms with Crippen molar-refractivity contribution in [2.75, 3.05) is 26.2 Å². The number of aliphatic hydroxyl groups is 1. The molecule has 0 radical (unpaired) electrons. The van der Waals surface area contributed by atoms with Crippen molar-refractivity contribution in [1.82, 2.24) is 10.2 Å². The van der Waals surface area contributed by atoms with Crippen LogP contribution in [-0.2, 0) is 9.59 Å². The standard InChI is InChI=1S/C8H15N3O3/c9-1-2-10-7(13)5-11-4-6(12)3-8(11)14/h6,12H,1-5,9H2,(H,10,13)/t6-/m1/s1. The van der Waals surface area contributed by atoms with Crippen molar-refractivity contribution in [2.45, 2.75) is 12.5 Å². The lowest BCUT2D eigenvalue weighted by molar-refractivity contribution is -0.133. The highest BCUT2D eigenvalue weighted by Crippen LogP contribution is 2.09. The third-order valence-electron chi connectivity index (χ3n) is 2.00. The van der Waals surface area contributed by atoms with E-state index in [4.69, 9.17) is 10.8 Å². The molecule has 0 saturated carbocycles. The first-order valence-electron chi connectivity index (χ1n) is 4.56. The molecule has 6 nitrogen and oxygen atoms in total. The van der Waals surface area contributed by atoms with Gasteiger partial charge in [0.1, 0.15) is 0 Å². The van der Waals surface area contributed by atoms with Gasteiger partial charge in [-0.1, -0.05) is 0 Å². The minimum Gasteiger partial charge on any atom is -0.391 e. The van der Waals surface area contributed by atoms with Crippen molar-refractivity contribution in [1.29, 1.82) is 0 Å². The molecule has 0 bridgehead atoms. The number of aliphatic hydroxyl groups excluding tert-OH is 1. The second-order valence-corrected chi connectivity index (χ2v) is 3.27. The Morgan fingerprint density at radius 2 is 2.43 bits per heavy atom. The highest BCUT2D eigenvalue weighted by Gasteiger charge is 2.28. The number of amides is 2. The Balaban J connectivity index is 2.30. The zero-order valence-electron chi connectivity index (χ0n) is 7.90. The van der Waals surface area contributed by atoms with E-state index in [1.54, 1.807) is 0 Å². The number of nitrogens with two attached hydrogens (primary N) is 1. The fourth-order valence-corrected chi connectivity index (χ4v) is 1.34. The SMILES string of the molecule is NCCNC(=O)CN1C[C@H](O)CC1=O. The Morgan fingerprint density at radius 3 is 2.93 bits per heavy atom. The molecule has 0 spiro atoms. The summed E-state index contributed by atoms with van der Waals surface area (Å²) in [6.07, 6.45) is -0.519. The molecular weight excluding hydrogens is 186 g/mol. The van der Waals surface area contributed by atoms with Gasteiger partial charge in [0.25, 0.3) is 0 Å². The summed E-state index contributed by atoms with van der Waals surface area (Å²) in [5.74, 6) is -0.418. The summed E-state index contributed by atoms with van der Waals surface area (Å²) in [4.78, 5) is 23.7. The second kappa shape index (κ2) is 4.92. The predicted molar refractivity (Wildman–Crippen MR) is 49.3 cm³/mol. The van der Waals surface area contributed by atoms with Gasteiger partial charge in [0, 0.05) is 19.6 Å². The number of hydrogen-bond donors (Lipinski definition) is 3. The van der Waals surface area contributed by atoms with Gasteiger partial charge >= 0.3 is 0 Å². The second-order valence-electron chi connectivity index (χ2n) is 3.27. The largest absolute Gasteiger partial charge is 0.391 e. The number of rotatable bonds is 4. The van der Waals surface area contributed by atoms with Crippen LogP contribution in [0.2, 0.25) is 0 Å². The van der Waals surface area contributed by atoms with Crippen LogP contribution >= 0.6 is 0 Å². The lowest BCUT2D eigenvalue weighted by Gasteiger charge is -2.14. The van der Waals surface area contributed by atoms with Crippen molar-refractivity contribution in [3.8, 4) is 0 Å². The van der Waals surface area contributed by atoms with Crippen LogP contribution in [0.4, 0.5) is 0 Å². The molecule has 14 heavy (non-hydrogen) atoms. The Labute approximate surface area is 82.1 Å². The lowest BCUT2D eigenvalue weighted by atomic mass is 10.3. The summed E-state index contributed by atoms with van der Waals surface area (Å²) in [6.45, 7) is 1.04. The number of likely N-dealkylation sites (tertiary alicyclic amines) is 1. The molecule has 80 valence electrons. The maximum Gasteiger partial charge on any atom is 0.239 e. The maximum atomic E-state index is 11.2. The van der Waals surface area contributed by atoms with Gasteiger partial charge in [0.2, 0.25) is 11.8 Å². The number of hydrogen-bond acceptors (Lipinski definition) is 4. The van der Waals surface area contributed by atoms with E-state index in [2.05, 4.69) is 5.32 Å². The molecule has 6 heteroatoms. The van der Waals surface area contributed by atoms with Crippen LogP contribution in [0.15, 0.2) is 0 Å². The molecule has 1 aliphatic heterocycles. The number of carbonyl (C=O) groups excluding carboxylic acids is 2. The minimum absolute atomic E-state index is 0.00981. The summed E-state index contributed by atoms with van der Waals surface area (Å²) in [7, 11) is 0. The minimum atomic E-state index is -0.634. The van der Waals surface area contributed by atoms with Crippen molar-refractivity contribution >= 4 is 11.8 Å².